The van der Waals surface area contributed by atoms with Gasteiger partial charge in [0.15, 0.2) is 6.61 Å². The normalized spacial score (nSPS) is 22.0. The third-order valence-corrected chi connectivity index (χ3v) is 4.08. The average Bonchev–Trinajstić information content (AvgIpc) is 2.66. The minimum atomic E-state index is -1.02. The summed E-state index contributed by atoms with van der Waals surface area (Å²) in [6.07, 6.45) is 3.36. The average molecular weight is 305 g/mol. The zero-order valence-corrected chi connectivity index (χ0v) is 13.1. The van der Waals surface area contributed by atoms with E-state index >= 15 is 0 Å². The van der Waals surface area contributed by atoms with Crippen LogP contribution >= 0.6 is 0 Å². The summed E-state index contributed by atoms with van der Waals surface area (Å²) in [7, 11) is 0. The van der Waals surface area contributed by atoms with Gasteiger partial charge in [-0.15, -0.1) is 0 Å². The zero-order valence-electron chi connectivity index (χ0n) is 13.1. The number of nitrogens with zero attached hydrogens (tertiary/aromatic N) is 1. The van der Waals surface area contributed by atoms with E-state index in [9.17, 15) is 9.59 Å². The second kappa shape index (κ2) is 7.29. The molecule has 22 heavy (non-hydrogen) atoms. The number of aliphatic carboxylic acids is 1. The highest BCUT2D eigenvalue weighted by Gasteiger charge is 2.25. The van der Waals surface area contributed by atoms with Crippen LogP contribution in [0.4, 0.5) is 0 Å². The summed E-state index contributed by atoms with van der Waals surface area (Å²) in [4.78, 5) is 25.1. The first kappa shape index (κ1) is 16.3. The molecule has 1 saturated heterocycles. The molecular weight excluding hydrogens is 282 g/mol. The third kappa shape index (κ3) is 4.23. The highest BCUT2D eigenvalue weighted by molar-refractivity contribution is 5.94. The van der Waals surface area contributed by atoms with Gasteiger partial charge in [-0.05, 0) is 49.9 Å². The van der Waals surface area contributed by atoms with Crippen molar-refractivity contribution in [2.24, 2.45) is 5.92 Å². The van der Waals surface area contributed by atoms with E-state index in [4.69, 9.17) is 9.84 Å². The van der Waals surface area contributed by atoms with Gasteiger partial charge in [-0.25, -0.2) is 4.79 Å². The largest absolute Gasteiger partial charge is 0.482 e. The Morgan fingerprint density at radius 2 is 1.91 bits per heavy atom. The summed E-state index contributed by atoms with van der Waals surface area (Å²) in [5.41, 5.74) is 0.614. The van der Waals surface area contributed by atoms with Gasteiger partial charge in [0, 0.05) is 18.2 Å². The number of likely N-dealkylation sites (tertiary alicyclic amines) is 1. The quantitative estimate of drug-likeness (QED) is 0.929. The Morgan fingerprint density at radius 3 is 2.55 bits per heavy atom. The summed E-state index contributed by atoms with van der Waals surface area (Å²) >= 11 is 0. The number of rotatable bonds is 4. The van der Waals surface area contributed by atoms with Crippen molar-refractivity contribution in [2.45, 2.75) is 39.2 Å². The zero-order chi connectivity index (χ0) is 16.1. The van der Waals surface area contributed by atoms with E-state index in [-0.39, 0.29) is 18.6 Å². The molecule has 5 heteroatoms. The molecule has 0 bridgehead atoms. The maximum absolute atomic E-state index is 12.7. The molecule has 0 aromatic heterocycles. The number of benzene rings is 1. The van der Waals surface area contributed by atoms with Crippen LogP contribution in [-0.2, 0) is 4.79 Å². The fraction of sp³-hybridized carbons (Fsp3) is 0.529. The lowest BCUT2D eigenvalue weighted by Gasteiger charge is -2.28. The van der Waals surface area contributed by atoms with Gasteiger partial charge in [-0.3, -0.25) is 4.79 Å². The van der Waals surface area contributed by atoms with Crippen LogP contribution in [0.2, 0.25) is 0 Å². The standard InChI is InChI=1S/C17H23NO4/c1-12-4-3-5-13(2)18(10-12)17(21)14-6-8-15(9-7-14)22-11-16(19)20/h6-9,12-13H,3-5,10-11H2,1-2H3,(H,19,20). The molecule has 5 nitrogen and oxygen atoms in total. The first-order valence-corrected chi connectivity index (χ1v) is 7.73. The van der Waals surface area contributed by atoms with Crippen molar-refractivity contribution in [3.63, 3.8) is 0 Å². The number of hydrogen-bond donors (Lipinski definition) is 1. The van der Waals surface area contributed by atoms with Gasteiger partial charge in [0.2, 0.25) is 0 Å². The van der Waals surface area contributed by atoms with Crippen LogP contribution in [0.3, 0.4) is 0 Å². The van der Waals surface area contributed by atoms with Crippen LogP contribution in [0, 0.1) is 5.92 Å². The fourth-order valence-electron chi connectivity index (χ4n) is 2.81. The van der Waals surface area contributed by atoms with Crippen molar-refractivity contribution in [1.82, 2.24) is 4.90 Å². The van der Waals surface area contributed by atoms with E-state index in [2.05, 4.69) is 13.8 Å². The minimum absolute atomic E-state index is 0.0334. The molecule has 0 radical (unpaired) electrons. The molecule has 1 aromatic carbocycles. The minimum Gasteiger partial charge on any atom is -0.482 e. The van der Waals surface area contributed by atoms with Gasteiger partial charge < -0.3 is 14.7 Å². The molecule has 0 aliphatic carbocycles. The lowest BCUT2D eigenvalue weighted by Crippen LogP contribution is -2.39. The van der Waals surface area contributed by atoms with Gasteiger partial charge in [0.05, 0.1) is 0 Å². The molecule has 0 spiro atoms. The van der Waals surface area contributed by atoms with Crippen LogP contribution in [0.15, 0.2) is 24.3 Å². The molecule has 2 rings (SSSR count). The Hall–Kier alpha value is -2.04. The highest BCUT2D eigenvalue weighted by atomic mass is 16.5. The molecule has 1 N–H and O–H groups in total. The smallest absolute Gasteiger partial charge is 0.341 e. The summed E-state index contributed by atoms with van der Waals surface area (Å²) in [5, 5.41) is 8.58. The van der Waals surface area contributed by atoms with Crippen LogP contribution in [0.25, 0.3) is 0 Å². The predicted molar refractivity (Wildman–Crippen MR) is 83.1 cm³/mol. The van der Waals surface area contributed by atoms with Crippen LogP contribution < -0.4 is 4.74 Å². The molecule has 1 amide bonds. The maximum Gasteiger partial charge on any atom is 0.341 e. The Morgan fingerprint density at radius 1 is 1.23 bits per heavy atom. The Balaban J connectivity index is 2.06. The number of carboxylic acids is 1. The molecule has 1 aromatic rings. The fourth-order valence-corrected chi connectivity index (χ4v) is 2.81. The Bertz CT molecular complexity index is 526. The van der Waals surface area contributed by atoms with Crippen molar-refractivity contribution >= 4 is 11.9 Å². The van der Waals surface area contributed by atoms with E-state index in [1.807, 2.05) is 4.90 Å². The Kier molecular flexibility index (Phi) is 5.41. The van der Waals surface area contributed by atoms with Crippen molar-refractivity contribution in [3.8, 4) is 5.75 Å². The lowest BCUT2D eigenvalue weighted by molar-refractivity contribution is -0.139. The molecule has 1 aliphatic rings. The van der Waals surface area contributed by atoms with Gasteiger partial charge >= 0.3 is 5.97 Å². The summed E-state index contributed by atoms with van der Waals surface area (Å²) < 4.78 is 5.08. The second-order valence-corrected chi connectivity index (χ2v) is 6.05. The van der Waals surface area contributed by atoms with Crippen LogP contribution in [0.1, 0.15) is 43.5 Å². The van der Waals surface area contributed by atoms with Gasteiger partial charge in [0.1, 0.15) is 5.75 Å². The SMILES string of the molecule is CC1CCCC(C)N(C(=O)c2ccc(OCC(=O)O)cc2)C1. The second-order valence-electron chi connectivity index (χ2n) is 6.05. The van der Waals surface area contributed by atoms with Gasteiger partial charge in [0.25, 0.3) is 5.91 Å². The van der Waals surface area contributed by atoms with Gasteiger partial charge in [-0.2, -0.15) is 0 Å². The first-order chi connectivity index (χ1) is 10.5. The molecular formula is C17H23NO4. The van der Waals surface area contributed by atoms with Crippen molar-refractivity contribution in [2.75, 3.05) is 13.2 Å². The molecule has 120 valence electrons. The molecule has 0 saturated carbocycles. The number of carbonyl (C=O) groups is 2. The van der Waals surface area contributed by atoms with Crippen molar-refractivity contribution in [3.05, 3.63) is 29.8 Å². The summed E-state index contributed by atoms with van der Waals surface area (Å²) in [6, 6.07) is 6.92. The van der Waals surface area contributed by atoms with E-state index in [0.717, 1.165) is 25.8 Å². The Labute approximate surface area is 130 Å². The van der Waals surface area contributed by atoms with E-state index in [0.29, 0.717) is 17.2 Å². The predicted octanol–water partition coefficient (Wildman–Crippen LogP) is 2.80. The number of amides is 1. The third-order valence-electron chi connectivity index (χ3n) is 4.08. The lowest BCUT2D eigenvalue weighted by atomic mass is 10.1. The number of carboxylic acid groups (broad SMARTS) is 1. The van der Waals surface area contributed by atoms with Crippen LogP contribution in [0.5, 0.6) is 5.75 Å². The van der Waals surface area contributed by atoms with Crippen molar-refractivity contribution in [1.29, 1.82) is 0 Å². The maximum atomic E-state index is 12.7. The number of hydrogen-bond acceptors (Lipinski definition) is 3. The summed E-state index contributed by atoms with van der Waals surface area (Å²) in [6.45, 7) is 4.69. The molecule has 2 atom stereocenters. The molecule has 1 heterocycles. The van der Waals surface area contributed by atoms with E-state index in [1.54, 1.807) is 24.3 Å². The molecule has 1 fully saturated rings. The molecule has 1 aliphatic heterocycles. The molecule has 2 unspecified atom stereocenters. The number of ether oxygens (including phenoxy) is 1. The monoisotopic (exact) mass is 305 g/mol. The van der Waals surface area contributed by atoms with Crippen molar-refractivity contribution < 1.29 is 19.4 Å². The highest BCUT2D eigenvalue weighted by Crippen LogP contribution is 2.23. The first-order valence-electron chi connectivity index (χ1n) is 7.73. The van der Waals surface area contributed by atoms with E-state index in [1.165, 1.54) is 0 Å². The number of carbonyl (C=O) groups excluding carboxylic acids is 1. The van der Waals surface area contributed by atoms with E-state index < -0.39 is 5.97 Å². The van der Waals surface area contributed by atoms with Crippen LogP contribution in [-0.4, -0.2) is 41.1 Å². The van der Waals surface area contributed by atoms with Gasteiger partial charge in [-0.1, -0.05) is 13.3 Å². The topological polar surface area (TPSA) is 66.8 Å². The summed E-state index contributed by atoms with van der Waals surface area (Å²) in [5.74, 6) is -0.0122.